The zero-order chi connectivity index (χ0) is 17.4. The SMILES string of the molecule is CC(=O)c1cccc(OC[C@@H](O)CNCCc2ccc(Cl)cc2)c1. The van der Waals surface area contributed by atoms with Crippen molar-refractivity contribution in [1.82, 2.24) is 5.32 Å². The third-order valence-corrected chi connectivity index (χ3v) is 3.82. The predicted molar refractivity (Wildman–Crippen MR) is 96.0 cm³/mol. The number of ketones is 1. The quantitative estimate of drug-likeness (QED) is 0.540. The van der Waals surface area contributed by atoms with Crippen molar-refractivity contribution in [2.75, 3.05) is 19.7 Å². The summed E-state index contributed by atoms with van der Waals surface area (Å²) in [6, 6.07) is 14.7. The standard InChI is InChI=1S/C19H22ClNO3/c1-14(22)16-3-2-4-19(11-16)24-13-18(23)12-21-10-9-15-5-7-17(20)8-6-15/h2-8,11,18,21,23H,9-10,12-13H2,1H3/t18-/m0/s1. The van der Waals surface area contributed by atoms with Gasteiger partial charge < -0.3 is 15.2 Å². The van der Waals surface area contributed by atoms with E-state index in [2.05, 4.69) is 5.32 Å². The van der Waals surface area contributed by atoms with E-state index in [0.717, 1.165) is 18.0 Å². The minimum atomic E-state index is -0.615. The highest BCUT2D eigenvalue weighted by molar-refractivity contribution is 6.30. The van der Waals surface area contributed by atoms with Gasteiger partial charge in [-0.3, -0.25) is 4.79 Å². The highest BCUT2D eigenvalue weighted by Gasteiger charge is 2.06. The van der Waals surface area contributed by atoms with Crippen LogP contribution < -0.4 is 10.1 Å². The molecule has 0 aliphatic rings. The lowest BCUT2D eigenvalue weighted by Gasteiger charge is -2.13. The van der Waals surface area contributed by atoms with E-state index in [1.807, 2.05) is 24.3 Å². The van der Waals surface area contributed by atoms with Gasteiger partial charge in [0.2, 0.25) is 0 Å². The Labute approximate surface area is 147 Å². The Hall–Kier alpha value is -1.88. The molecule has 5 heteroatoms. The molecule has 2 aromatic rings. The summed E-state index contributed by atoms with van der Waals surface area (Å²) in [5, 5.41) is 13.9. The number of carbonyl (C=O) groups is 1. The zero-order valence-electron chi connectivity index (χ0n) is 13.7. The van der Waals surface area contributed by atoms with Gasteiger partial charge in [0.25, 0.3) is 0 Å². The Morgan fingerprint density at radius 3 is 2.71 bits per heavy atom. The number of Topliss-reactive ketones (excluding diaryl/α,β-unsaturated/α-hetero) is 1. The fourth-order valence-electron chi connectivity index (χ4n) is 2.21. The summed E-state index contributed by atoms with van der Waals surface area (Å²) in [7, 11) is 0. The van der Waals surface area contributed by atoms with Crippen molar-refractivity contribution < 1.29 is 14.6 Å². The molecular formula is C19H22ClNO3. The molecule has 0 aliphatic heterocycles. The Morgan fingerprint density at radius 1 is 1.25 bits per heavy atom. The Balaban J connectivity index is 1.66. The van der Waals surface area contributed by atoms with Crippen LogP contribution in [0.15, 0.2) is 48.5 Å². The molecule has 2 aromatic carbocycles. The van der Waals surface area contributed by atoms with E-state index in [4.69, 9.17) is 16.3 Å². The molecule has 24 heavy (non-hydrogen) atoms. The number of halogens is 1. The summed E-state index contributed by atoms with van der Waals surface area (Å²) in [6.07, 6.45) is 0.252. The van der Waals surface area contributed by atoms with Gasteiger partial charge in [0.15, 0.2) is 5.78 Å². The van der Waals surface area contributed by atoms with Crippen LogP contribution in [-0.4, -0.2) is 36.7 Å². The molecule has 128 valence electrons. The second-order valence-electron chi connectivity index (χ2n) is 5.63. The van der Waals surface area contributed by atoms with Crippen molar-refractivity contribution >= 4 is 17.4 Å². The molecule has 1 atom stereocenters. The average molecular weight is 348 g/mol. The number of hydrogen-bond donors (Lipinski definition) is 2. The monoisotopic (exact) mass is 347 g/mol. The highest BCUT2D eigenvalue weighted by atomic mass is 35.5. The van der Waals surface area contributed by atoms with Crippen molar-refractivity contribution in [2.24, 2.45) is 0 Å². The summed E-state index contributed by atoms with van der Waals surface area (Å²) in [6.45, 7) is 2.90. The number of ether oxygens (including phenoxy) is 1. The largest absolute Gasteiger partial charge is 0.491 e. The summed E-state index contributed by atoms with van der Waals surface area (Å²) in [4.78, 5) is 11.3. The van der Waals surface area contributed by atoms with Gasteiger partial charge in [0.1, 0.15) is 18.5 Å². The van der Waals surface area contributed by atoms with Gasteiger partial charge in [0.05, 0.1) is 0 Å². The minimum absolute atomic E-state index is 0.00938. The van der Waals surface area contributed by atoms with E-state index < -0.39 is 6.10 Å². The lowest BCUT2D eigenvalue weighted by Crippen LogP contribution is -2.32. The summed E-state index contributed by atoms with van der Waals surface area (Å²) >= 11 is 5.85. The topological polar surface area (TPSA) is 58.6 Å². The van der Waals surface area contributed by atoms with E-state index in [9.17, 15) is 9.90 Å². The van der Waals surface area contributed by atoms with Gasteiger partial charge in [-0.2, -0.15) is 0 Å². The maximum Gasteiger partial charge on any atom is 0.159 e. The van der Waals surface area contributed by atoms with Crippen LogP contribution in [0.25, 0.3) is 0 Å². The van der Waals surface area contributed by atoms with E-state index in [-0.39, 0.29) is 12.4 Å². The molecule has 0 heterocycles. The molecule has 0 saturated carbocycles. The number of aliphatic hydroxyl groups excluding tert-OH is 1. The first-order chi connectivity index (χ1) is 11.5. The molecule has 2 rings (SSSR count). The molecule has 0 unspecified atom stereocenters. The number of nitrogens with one attached hydrogen (secondary N) is 1. The number of carbonyl (C=O) groups excluding carboxylic acids is 1. The molecule has 0 bridgehead atoms. The lowest BCUT2D eigenvalue weighted by atomic mass is 10.1. The van der Waals surface area contributed by atoms with E-state index in [1.165, 1.54) is 12.5 Å². The minimum Gasteiger partial charge on any atom is -0.491 e. The number of rotatable bonds is 9. The second kappa shape index (κ2) is 9.42. The Morgan fingerprint density at radius 2 is 2.00 bits per heavy atom. The molecule has 2 N–H and O–H groups in total. The van der Waals surface area contributed by atoms with Crippen LogP contribution in [0.2, 0.25) is 5.02 Å². The first kappa shape index (κ1) is 18.5. The summed E-state index contributed by atoms with van der Waals surface area (Å²) in [5.74, 6) is 0.577. The fraction of sp³-hybridized carbons (Fsp3) is 0.316. The maximum absolute atomic E-state index is 11.3. The van der Waals surface area contributed by atoms with Gasteiger partial charge in [-0.25, -0.2) is 0 Å². The van der Waals surface area contributed by atoms with Crippen LogP contribution in [0.1, 0.15) is 22.8 Å². The number of aliphatic hydroxyl groups is 1. The average Bonchev–Trinajstić information content (AvgIpc) is 2.58. The van der Waals surface area contributed by atoms with Crippen molar-refractivity contribution in [3.05, 3.63) is 64.7 Å². The van der Waals surface area contributed by atoms with Crippen LogP contribution in [-0.2, 0) is 6.42 Å². The van der Waals surface area contributed by atoms with E-state index >= 15 is 0 Å². The van der Waals surface area contributed by atoms with Gasteiger partial charge >= 0.3 is 0 Å². The van der Waals surface area contributed by atoms with Gasteiger partial charge in [-0.05, 0) is 49.7 Å². The fourth-order valence-corrected chi connectivity index (χ4v) is 2.33. The molecule has 0 amide bonds. The highest BCUT2D eigenvalue weighted by Crippen LogP contribution is 2.14. The molecule has 0 spiro atoms. The van der Waals surface area contributed by atoms with Crippen LogP contribution in [0.3, 0.4) is 0 Å². The van der Waals surface area contributed by atoms with E-state index in [1.54, 1.807) is 24.3 Å². The van der Waals surface area contributed by atoms with Crippen molar-refractivity contribution in [2.45, 2.75) is 19.4 Å². The molecule has 4 nitrogen and oxygen atoms in total. The van der Waals surface area contributed by atoms with Crippen molar-refractivity contribution in [1.29, 1.82) is 0 Å². The van der Waals surface area contributed by atoms with Gasteiger partial charge in [0, 0.05) is 17.1 Å². The van der Waals surface area contributed by atoms with Crippen LogP contribution >= 0.6 is 11.6 Å². The molecule has 0 aliphatic carbocycles. The smallest absolute Gasteiger partial charge is 0.159 e. The second-order valence-corrected chi connectivity index (χ2v) is 6.07. The summed E-state index contributed by atoms with van der Waals surface area (Å²) in [5.41, 5.74) is 1.79. The normalized spacial score (nSPS) is 12.0. The third-order valence-electron chi connectivity index (χ3n) is 3.57. The first-order valence-electron chi connectivity index (χ1n) is 7.91. The maximum atomic E-state index is 11.3. The van der Waals surface area contributed by atoms with Crippen LogP contribution in [0, 0.1) is 0 Å². The van der Waals surface area contributed by atoms with Crippen molar-refractivity contribution in [3.63, 3.8) is 0 Å². The Kier molecular flexibility index (Phi) is 7.25. The van der Waals surface area contributed by atoms with E-state index in [0.29, 0.717) is 17.9 Å². The van der Waals surface area contributed by atoms with Crippen LogP contribution in [0.5, 0.6) is 5.75 Å². The molecule has 0 saturated heterocycles. The Bertz CT molecular complexity index is 658. The van der Waals surface area contributed by atoms with Crippen molar-refractivity contribution in [3.8, 4) is 5.75 Å². The summed E-state index contributed by atoms with van der Waals surface area (Å²) < 4.78 is 5.53. The van der Waals surface area contributed by atoms with Gasteiger partial charge in [-0.15, -0.1) is 0 Å². The number of hydrogen-bond acceptors (Lipinski definition) is 4. The number of benzene rings is 2. The first-order valence-corrected chi connectivity index (χ1v) is 8.29. The van der Waals surface area contributed by atoms with Crippen LogP contribution in [0.4, 0.5) is 0 Å². The van der Waals surface area contributed by atoms with Gasteiger partial charge in [-0.1, -0.05) is 35.9 Å². The third kappa shape index (κ3) is 6.32. The molecule has 0 radical (unpaired) electrons. The molecule has 0 aromatic heterocycles. The lowest BCUT2D eigenvalue weighted by molar-refractivity contribution is 0.101. The molecule has 0 fully saturated rings. The predicted octanol–water partition coefficient (Wildman–Crippen LogP) is 3.11. The molecular weight excluding hydrogens is 326 g/mol. The zero-order valence-corrected chi connectivity index (χ0v) is 14.4.